The first-order chi connectivity index (χ1) is 16.6. The Morgan fingerprint density at radius 2 is 1.62 bits per heavy atom. The van der Waals surface area contributed by atoms with Gasteiger partial charge in [0.05, 0.1) is 11.2 Å². The number of likely N-dealkylation sites (tertiary alicyclic amines) is 1. The number of carbonyl (C=O) groups excluding carboxylic acids is 1. The van der Waals surface area contributed by atoms with Gasteiger partial charge in [0.2, 0.25) is 5.91 Å². The average Bonchev–Trinajstić information content (AvgIpc) is 3.38. The Morgan fingerprint density at radius 3 is 2.24 bits per heavy atom. The number of amides is 1. The highest BCUT2D eigenvalue weighted by atomic mass is 16.2. The van der Waals surface area contributed by atoms with Crippen molar-refractivity contribution in [2.24, 2.45) is 5.92 Å². The second kappa shape index (κ2) is 10.2. The van der Waals surface area contributed by atoms with Crippen molar-refractivity contribution < 1.29 is 4.79 Å². The predicted molar refractivity (Wildman–Crippen MR) is 138 cm³/mol. The topological polar surface area (TPSA) is 44.1 Å². The minimum atomic E-state index is 0.313. The Labute approximate surface area is 203 Å². The molecule has 6 nitrogen and oxygen atoms in total. The van der Waals surface area contributed by atoms with Gasteiger partial charge in [0, 0.05) is 56.1 Å². The molecule has 0 spiro atoms. The van der Waals surface area contributed by atoms with Crippen LogP contribution in [-0.2, 0) is 4.79 Å². The molecule has 34 heavy (non-hydrogen) atoms. The van der Waals surface area contributed by atoms with Crippen LogP contribution in [0.4, 0.5) is 5.69 Å². The third-order valence-corrected chi connectivity index (χ3v) is 7.32. The molecule has 1 saturated carbocycles. The number of hydrogen-bond acceptors (Lipinski definition) is 4. The highest BCUT2D eigenvalue weighted by Crippen LogP contribution is 2.32. The number of fused-ring (bicyclic) bond motifs is 1. The number of benzene rings is 1. The highest BCUT2D eigenvalue weighted by Gasteiger charge is 2.34. The molecule has 1 aromatic carbocycles. The van der Waals surface area contributed by atoms with Crippen molar-refractivity contribution in [3.05, 3.63) is 54.9 Å². The molecule has 2 aromatic heterocycles. The van der Waals surface area contributed by atoms with Crippen LogP contribution >= 0.6 is 0 Å². The number of anilines is 1. The summed E-state index contributed by atoms with van der Waals surface area (Å²) in [5.41, 5.74) is 4.69. The van der Waals surface area contributed by atoms with E-state index in [9.17, 15) is 4.79 Å². The summed E-state index contributed by atoms with van der Waals surface area (Å²) in [6, 6.07) is 15.5. The van der Waals surface area contributed by atoms with E-state index >= 15 is 0 Å². The number of carbonyl (C=O) groups is 1. The summed E-state index contributed by atoms with van der Waals surface area (Å²) in [4.78, 5) is 19.2. The van der Waals surface area contributed by atoms with Crippen molar-refractivity contribution in [3.63, 3.8) is 0 Å². The van der Waals surface area contributed by atoms with Gasteiger partial charge in [-0.15, -0.1) is 0 Å². The number of hydrogen-bond donors (Lipinski definition) is 0. The molecule has 3 aromatic rings. The lowest BCUT2D eigenvalue weighted by Crippen LogP contribution is -2.49. The van der Waals surface area contributed by atoms with Crippen molar-refractivity contribution in [2.75, 3.05) is 44.2 Å². The summed E-state index contributed by atoms with van der Waals surface area (Å²) >= 11 is 0. The molecule has 2 saturated heterocycles. The Bertz CT molecular complexity index is 1090. The molecule has 2 aliphatic heterocycles. The molecule has 0 N–H and O–H groups in total. The standard InChI is InChI=1S/C21H22N4O.C7H15N/c26-21(17-6-7-17)24-12-10-23(11-13-24)19-8-9-22-25-15-18(14-20(19)25)16-4-2-1-3-5-16;1-7(2)8-5-3-4-6-8/h1-5,8-9,14-15,17H,6-7,10-13H2;7H,3-6H2,1-2H3. The molecule has 1 amide bonds. The van der Waals surface area contributed by atoms with Crippen molar-refractivity contribution in [1.82, 2.24) is 19.4 Å². The van der Waals surface area contributed by atoms with Crippen molar-refractivity contribution in [1.29, 1.82) is 0 Å². The Morgan fingerprint density at radius 1 is 0.912 bits per heavy atom. The molecule has 6 heteroatoms. The van der Waals surface area contributed by atoms with Crippen LogP contribution in [0.25, 0.3) is 16.6 Å². The van der Waals surface area contributed by atoms with Crippen LogP contribution in [0.2, 0.25) is 0 Å². The Hall–Kier alpha value is -2.86. The first kappa shape index (κ1) is 22.9. The number of piperazine rings is 1. The van der Waals surface area contributed by atoms with E-state index < -0.39 is 0 Å². The third-order valence-electron chi connectivity index (χ3n) is 7.32. The van der Waals surface area contributed by atoms with Crippen LogP contribution < -0.4 is 4.90 Å². The lowest BCUT2D eigenvalue weighted by atomic mass is 10.1. The van der Waals surface area contributed by atoms with Gasteiger partial charge in [-0.05, 0) is 70.3 Å². The van der Waals surface area contributed by atoms with Gasteiger partial charge in [0.1, 0.15) is 0 Å². The van der Waals surface area contributed by atoms with E-state index in [1.807, 2.05) is 21.7 Å². The minimum absolute atomic E-state index is 0.313. The average molecular weight is 460 g/mol. The van der Waals surface area contributed by atoms with Gasteiger partial charge in [-0.2, -0.15) is 5.10 Å². The SMILES string of the molecule is CC(C)N1CCCC1.O=C(C1CC1)N1CCN(c2ccnn3cc(-c4ccccc4)cc23)CC1. The maximum Gasteiger partial charge on any atom is 0.225 e. The highest BCUT2D eigenvalue weighted by molar-refractivity contribution is 5.82. The number of rotatable bonds is 4. The van der Waals surface area contributed by atoms with E-state index in [0.29, 0.717) is 11.8 Å². The molecule has 0 unspecified atom stereocenters. The quantitative estimate of drug-likeness (QED) is 0.574. The zero-order valence-corrected chi connectivity index (χ0v) is 20.6. The second-order valence-electron chi connectivity index (χ2n) is 10.1. The monoisotopic (exact) mass is 459 g/mol. The molecule has 4 heterocycles. The number of aromatic nitrogens is 2. The first-order valence-corrected chi connectivity index (χ1v) is 12.9. The van der Waals surface area contributed by atoms with E-state index in [4.69, 9.17) is 0 Å². The Kier molecular flexibility index (Phi) is 6.86. The largest absolute Gasteiger partial charge is 0.366 e. The normalized spacial score (nSPS) is 18.9. The van der Waals surface area contributed by atoms with Crippen LogP contribution in [0.5, 0.6) is 0 Å². The van der Waals surface area contributed by atoms with Crippen LogP contribution in [0.3, 0.4) is 0 Å². The Balaban J connectivity index is 0.000000257. The lowest BCUT2D eigenvalue weighted by Gasteiger charge is -2.36. The number of nitrogens with zero attached hydrogens (tertiary/aromatic N) is 5. The summed E-state index contributed by atoms with van der Waals surface area (Å²) in [6.07, 6.45) is 8.93. The van der Waals surface area contributed by atoms with E-state index in [1.165, 1.54) is 42.7 Å². The minimum Gasteiger partial charge on any atom is -0.366 e. The molecule has 180 valence electrons. The van der Waals surface area contributed by atoms with Gasteiger partial charge < -0.3 is 14.7 Å². The summed E-state index contributed by atoms with van der Waals surface area (Å²) < 4.78 is 1.96. The zero-order chi connectivity index (χ0) is 23.5. The third kappa shape index (κ3) is 5.12. The van der Waals surface area contributed by atoms with Gasteiger partial charge >= 0.3 is 0 Å². The predicted octanol–water partition coefficient (Wildman–Crippen LogP) is 4.55. The van der Waals surface area contributed by atoms with E-state index in [0.717, 1.165) is 50.6 Å². The van der Waals surface area contributed by atoms with Gasteiger partial charge in [-0.3, -0.25) is 4.79 Å². The van der Waals surface area contributed by atoms with Crippen LogP contribution in [0.1, 0.15) is 39.5 Å². The molecule has 0 atom stereocenters. The molecule has 3 aliphatic rings. The molecule has 1 aliphatic carbocycles. The smallest absolute Gasteiger partial charge is 0.225 e. The van der Waals surface area contributed by atoms with Gasteiger partial charge in [0.15, 0.2) is 0 Å². The maximum atomic E-state index is 12.3. The second-order valence-corrected chi connectivity index (χ2v) is 10.1. The zero-order valence-electron chi connectivity index (χ0n) is 20.6. The molecular formula is C28H37N5O. The van der Waals surface area contributed by atoms with Gasteiger partial charge in [-0.1, -0.05) is 30.3 Å². The fraction of sp³-hybridized carbons (Fsp3) is 0.500. The summed E-state index contributed by atoms with van der Waals surface area (Å²) in [5, 5.41) is 4.48. The van der Waals surface area contributed by atoms with E-state index in [2.05, 4.69) is 71.3 Å². The van der Waals surface area contributed by atoms with Crippen molar-refractivity contribution in [3.8, 4) is 11.1 Å². The lowest BCUT2D eigenvalue weighted by molar-refractivity contribution is -0.132. The fourth-order valence-electron chi connectivity index (χ4n) is 5.07. The molecule has 0 radical (unpaired) electrons. The van der Waals surface area contributed by atoms with Crippen LogP contribution in [0, 0.1) is 5.92 Å². The van der Waals surface area contributed by atoms with Gasteiger partial charge in [-0.25, -0.2) is 4.52 Å². The van der Waals surface area contributed by atoms with Crippen LogP contribution in [0.15, 0.2) is 54.9 Å². The van der Waals surface area contributed by atoms with Gasteiger partial charge in [0.25, 0.3) is 0 Å². The van der Waals surface area contributed by atoms with Crippen LogP contribution in [-0.4, -0.2) is 70.6 Å². The van der Waals surface area contributed by atoms with Crippen molar-refractivity contribution >= 4 is 17.1 Å². The maximum absolute atomic E-state index is 12.3. The molecule has 6 rings (SSSR count). The first-order valence-electron chi connectivity index (χ1n) is 12.9. The van der Waals surface area contributed by atoms with Crippen molar-refractivity contribution in [2.45, 2.75) is 45.6 Å². The van der Waals surface area contributed by atoms with E-state index in [-0.39, 0.29) is 0 Å². The molecular weight excluding hydrogens is 422 g/mol. The molecule has 3 fully saturated rings. The fourth-order valence-corrected chi connectivity index (χ4v) is 5.07. The molecule has 0 bridgehead atoms. The summed E-state index contributed by atoms with van der Waals surface area (Å²) in [6.45, 7) is 10.6. The van der Waals surface area contributed by atoms with E-state index in [1.54, 1.807) is 0 Å². The summed E-state index contributed by atoms with van der Waals surface area (Å²) in [5.74, 6) is 0.673. The summed E-state index contributed by atoms with van der Waals surface area (Å²) in [7, 11) is 0.